The molecule has 1 aromatic carbocycles. The summed E-state index contributed by atoms with van der Waals surface area (Å²) in [6, 6.07) is 4.77. The molecule has 0 spiro atoms. The van der Waals surface area contributed by atoms with Crippen LogP contribution in [0, 0.1) is 17.0 Å². The molecule has 0 fully saturated rings. The van der Waals surface area contributed by atoms with Crippen LogP contribution in [0.15, 0.2) is 18.2 Å². The molecule has 0 bridgehead atoms. The number of hydrogen-bond donors (Lipinski definition) is 2. The maximum Gasteiger partial charge on any atom is 0.271 e. The molecule has 0 aliphatic carbocycles. The fraction of sp³-hybridized carbons (Fsp3) is 0.500. The molecule has 1 rings (SSSR count). The van der Waals surface area contributed by atoms with Crippen LogP contribution >= 0.6 is 0 Å². The highest BCUT2D eigenvalue weighted by Gasteiger charge is 2.08. The Bertz CT molecular complexity index is 391. The van der Waals surface area contributed by atoms with Gasteiger partial charge in [-0.05, 0) is 32.3 Å². The normalized spacial score (nSPS) is 12.2. The van der Waals surface area contributed by atoms with Gasteiger partial charge in [-0.25, -0.2) is 0 Å². The predicted octanol–water partition coefficient (Wildman–Crippen LogP) is 2.48. The molecule has 0 heterocycles. The number of aliphatic hydroxyl groups is 1. The minimum absolute atomic E-state index is 0.0913. The van der Waals surface area contributed by atoms with Crippen LogP contribution in [-0.2, 0) is 0 Å². The number of non-ortho nitro benzene ring substituents is 1. The lowest BCUT2D eigenvalue weighted by Crippen LogP contribution is -2.07. The van der Waals surface area contributed by atoms with Crippen molar-refractivity contribution in [2.75, 3.05) is 11.9 Å². The third kappa shape index (κ3) is 4.40. The molecule has 0 saturated carbocycles. The summed E-state index contributed by atoms with van der Waals surface area (Å²) in [5.41, 5.74) is 1.85. The second kappa shape index (κ2) is 6.20. The second-order valence-corrected chi connectivity index (χ2v) is 4.17. The maximum atomic E-state index is 10.6. The molecular formula is C12H18N2O3. The number of benzene rings is 1. The summed E-state index contributed by atoms with van der Waals surface area (Å²) in [7, 11) is 0. The first-order chi connectivity index (χ1) is 8.00. The Labute approximate surface area is 101 Å². The highest BCUT2D eigenvalue weighted by Crippen LogP contribution is 2.21. The second-order valence-electron chi connectivity index (χ2n) is 4.17. The molecule has 5 nitrogen and oxygen atoms in total. The van der Waals surface area contributed by atoms with E-state index in [2.05, 4.69) is 5.32 Å². The van der Waals surface area contributed by atoms with E-state index in [9.17, 15) is 10.1 Å². The molecule has 5 heteroatoms. The zero-order chi connectivity index (χ0) is 12.8. The van der Waals surface area contributed by atoms with Crippen LogP contribution in [0.4, 0.5) is 11.4 Å². The molecule has 2 N–H and O–H groups in total. The van der Waals surface area contributed by atoms with Crippen LogP contribution in [0.3, 0.4) is 0 Å². The number of nitro groups is 1. The van der Waals surface area contributed by atoms with E-state index in [4.69, 9.17) is 5.11 Å². The number of hydrogen-bond acceptors (Lipinski definition) is 4. The Hall–Kier alpha value is -1.62. The van der Waals surface area contributed by atoms with Crippen molar-refractivity contribution in [2.24, 2.45) is 0 Å². The van der Waals surface area contributed by atoms with Crippen LogP contribution in [-0.4, -0.2) is 22.7 Å². The highest BCUT2D eigenvalue weighted by molar-refractivity contribution is 5.56. The molecular weight excluding hydrogens is 220 g/mol. The smallest absolute Gasteiger partial charge is 0.271 e. The lowest BCUT2D eigenvalue weighted by molar-refractivity contribution is -0.384. The van der Waals surface area contributed by atoms with Crippen molar-refractivity contribution in [2.45, 2.75) is 32.8 Å². The van der Waals surface area contributed by atoms with Crippen molar-refractivity contribution < 1.29 is 10.0 Å². The molecule has 94 valence electrons. The van der Waals surface area contributed by atoms with Crippen LogP contribution < -0.4 is 5.32 Å². The Kier molecular flexibility index (Phi) is 4.90. The number of aliphatic hydroxyl groups excluding tert-OH is 1. The van der Waals surface area contributed by atoms with E-state index < -0.39 is 4.92 Å². The summed E-state index contributed by atoms with van der Waals surface area (Å²) in [4.78, 5) is 10.2. The molecule has 0 saturated heterocycles. The third-order valence-corrected chi connectivity index (χ3v) is 2.55. The van der Waals surface area contributed by atoms with Crippen molar-refractivity contribution in [3.8, 4) is 0 Å². The number of nitrogens with zero attached hydrogens (tertiary/aromatic N) is 1. The van der Waals surface area contributed by atoms with Gasteiger partial charge in [-0.3, -0.25) is 10.1 Å². The van der Waals surface area contributed by atoms with Crippen molar-refractivity contribution >= 4 is 11.4 Å². The SMILES string of the molecule is Cc1ccc([N+](=O)[O-])cc1NCCCC(C)O. The van der Waals surface area contributed by atoms with Crippen molar-refractivity contribution in [1.29, 1.82) is 0 Å². The van der Waals surface area contributed by atoms with E-state index in [-0.39, 0.29) is 11.8 Å². The van der Waals surface area contributed by atoms with Crippen LogP contribution in [0.2, 0.25) is 0 Å². The quantitative estimate of drug-likeness (QED) is 0.453. The van der Waals surface area contributed by atoms with Crippen LogP contribution in [0.5, 0.6) is 0 Å². The van der Waals surface area contributed by atoms with E-state index in [1.165, 1.54) is 12.1 Å². The summed E-state index contributed by atoms with van der Waals surface area (Å²) >= 11 is 0. The zero-order valence-electron chi connectivity index (χ0n) is 10.1. The molecule has 0 aliphatic rings. The molecule has 1 atom stereocenters. The largest absolute Gasteiger partial charge is 0.393 e. The van der Waals surface area contributed by atoms with Gasteiger partial charge in [0.25, 0.3) is 5.69 Å². The van der Waals surface area contributed by atoms with E-state index in [0.717, 1.165) is 24.1 Å². The average Bonchev–Trinajstić information content (AvgIpc) is 2.25. The summed E-state index contributed by atoms with van der Waals surface area (Å²) in [6.07, 6.45) is 1.25. The van der Waals surface area contributed by atoms with Crippen molar-refractivity contribution in [1.82, 2.24) is 0 Å². The van der Waals surface area contributed by atoms with Gasteiger partial charge in [0, 0.05) is 24.4 Å². The number of nitro benzene ring substituents is 1. The van der Waals surface area contributed by atoms with Gasteiger partial charge in [0.1, 0.15) is 0 Å². The molecule has 17 heavy (non-hydrogen) atoms. The Morgan fingerprint density at radius 3 is 2.82 bits per heavy atom. The first-order valence-electron chi connectivity index (χ1n) is 5.67. The van der Waals surface area contributed by atoms with Gasteiger partial charge in [0.05, 0.1) is 11.0 Å². The topological polar surface area (TPSA) is 75.4 Å². The maximum absolute atomic E-state index is 10.6. The first kappa shape index (κ1) is 13.4. The summed E-state index contributed by atoms with van der Waals surface area (Å²) in [5, 5.41) is 22.9. The van der Waals surface area contributed by atoms with Gasteiger partial charge in [-0.2, -0.15) is 0 Å². The molecule has 1 aromatic rings. The first-order valence-corrected chi connectivity index (χ1v) is 5.67. The van der Waals surface area contributed by atoms with E-state index >= 15 is 0 Å². The monoisotopic (exact) mass is 238 g/mol. The Balaban J connectivity index is 2.57. The molecule has 0 aliphatic heterocycles. The van der Waals surface area contributed by atoms with Crippen LogP contribution in [0.1, 0.15) is 25.3 Å². The van der Waals surface area contributed by atoms with Crippen molar-refractivity contribution in [3.63, 3.8) is 0 Å². The van der Waals surface area contributed by atoms with Gasteiger partial charge in [0.2, 0.25) is 0 Å². The van der Waals surface area contributed by atoms with Gasteiger partial charge >= 0.3 is 0 Å². The number of aryl methyl sites for hydroxylation is 1. The molecule has 0 amide bonds. The third-order valence-electron chi connectivity index (χ3n) is 2.55. The van der Waals surface area contributed by atoms with Gasteiger partial charge in [0.15, 0.2) is 0 Å². The van der Waals surface area contributed by atoms with E-state index in [1.54, 1.807) is 13.0 Å². The fourth-order valence-corrected chi connectivity index (χ4v) is 1.53. The number of nitrogens with one attached hydrogen (secondary N) is 1. The standard InChI is InChI=1S/C12H18N2O3/c1-9-5-6-11(14(16)17)8-12(9)13-7-3-4-10(2)15/h5-6,8,10,13,15H,3-4,7H2,1-2H3. The number of rotatable bonds is 6. The van der Waals surface area contributed by atoms with Gasteiger partial charge < -0.3 is 10.4 Å². The van der Waals surface area contributed by atoms with Gasteiger partial charge in [-0.1, -0.05) is 6.07 Å². The fourth-order valence-electron chi connectivity index (χ4n) is 1.53. The summed E-state index contributed by atoms with van der Waals surface area (Å²) < 4.78 is 0. The average molecular weight is 238 g/mol. The van der Waals surface area contributed by atoms with E-state index in [1.807, 2.05) is 6.92 Å². The summed E-state index contributed by atoms with van der Waals surface area (Å²) in [6.45, 7) is 4.35. The van der Waals surface area contributed by atoms with Crippen LogP contribution in [0.25, 0.3) is 0 Å². The minimum atomic E-state index is -0.402. The predicted molar refractivity (Wildman–Crippen MR) is 67.2 cm³/mol. The van der Waals surface area contributed by atoms with Crippen molar-refractivity contribution in [3.05, 3.63) is 33.9 Å². The molecule has 1 unspecified atom stereocenters. The highest BCUT2D eigenvalue weighted by atomic mass is 16.6. The lowest BCUT2D eigenvalue weighted by Gasteiger charge is -2.09. The summed E-state index contributed by atoms with van der Waals surface area (Å²) in [5.74, 6) is 0. The van der Waals surface area contributed by atoms with E-state index in [0.29, 0.717) is 6.54 Å². The molecule has 0 radical (unpaired) electrons. The Morgan fingerprint density at radius 1 is 1.53 bits per heavy atom. The minimum Gasteiger partial charge on any atom is -0.393 e. The lowest BCUT2D eigenvalue weighted by atomic mass is 10.1. The molecule has 0 aromatic heterocycles. The van der Waals surface area contributed by atoms with Gasteiger partial charge in [-0.15, -0.1) is 0 Å². The zero-order valence-corrected chi connectivity index (χ0v) is 10.1. The Morgan fingerprint density at radius 2 is 2.24 bits per heavy atom. The number of anilines is 1.